The summed E-state index contributed by atoms with van der Waals surface area (Å²) in [4.78, 5) is 25.7. The monoisotopic (exact) mass is 286 g/mol. The Hall–Kier alpha value is -2.35. The van der Waals surface area contributed by atoms with Crippen molar-refractivity contribution in [1.29, 1.82) is 5.26 Å². The van der Waals surface area contributed by atoms with Crippen LogP contribution in [0.1, 0.15) is 42.1 Å². The lowest BCUT2D eigenvalue weighted by molar-refractivity contribution is -0.137. The topological polar surface area (TPSA) is 70.4 Å². The Morgan fingerprint density at radius 1 is 1.43 bits per heavy atom. The number of ether oxygens (including phenoxy) is 1. The van der Waals surface area contributed by atoms with Gasteiger partial charge >= 0.3 is 5.97 Å². The van der Waals surface area contributed by atoms with E-state index in [9.17, 15) is 9.59 Å². The van der Waals surface area contributed by atoms with Crippen LogP contribution >= 0.6 is 0 Å². The third-order valence-electron chi connectivity index (χ3n) is 3.68. The molecule has 1 fully saturated rings. The maximum Gasteiger partial charge on any atom is 0.338 e. The van der Waals surface area contributed by atoms with Crippen LogP contribution in [0.4, 0.5) is 0 Å². The number of likely N-dealkylation sites (tertiary alicyclic amines) is 1. The van der Waals surface area contributed by atoms with Crippen molar-refractivity contribution >= 4 is 11.9 Å². The van der Waals surface area contributed by atoms with Gasteiger partial charge in [-0.3, -0.25) is 4.79 Å². The minimum Gasteiger partial charge on any atom is -0.452 e. The Morgan fingerprint density at radius 2 is 2.24 bits per heavy atom. The zero-order chi connectivity index (χ0) is 15.2. The van der Waals surface area contributed by atoms with E-state index in [4.69, 9.17) is 10.00 Å². The van der Waals surface area contributed by atoms with Crippen LogP contribution in [-0.4, -0.2) is 36.0 Å². The van der Waals surface area contributed by atoms with Crippen LogP contribution in [0.15, 0.2) is 24.3 Å². The lowest BCUT2D eigenvalue weighted by Gasteiger charge is -2.33. The number of hydrogen-bond acceptors (Lipinski definition) is 4. The second-order valence-electron chi connectivity index (χ2n) is 5.20. The van der Waals surface area contributed by atoms with E-state index in [-0.39, 0.29) is 24.1 Å². The summed E-state index contributed by atoms with van der Waals surface area (Å²) in [5.74, 6) is -0.739. The van der Waals surface area contributed by atoms with Crippen LogP contribution in [0.25, 0.3) is 0 Å². The molecule has 0 unspecified atom stereocenters. The SMILES string of the molecule is C[C@H]1CCCCN1C(=O)COC(=O)c1cccc(C#N)c1. The molecule has 1 heterocycles. The van der Waals surface area contributed by atoms with Crippen LogP contribution in [0.5, 0.6) is 0 Å². The average Bonchev–Trinajstić information content (AvgIpc) is 2.52. The normalized spacial score (nSPS) is 17.9. The fourth-order valence-electron chi connectivity index (χ4n) is 2.48. The lowest BCUT2D eigenvalue weighted by Crippen LogP contribution is -2.44. The molecule has 21 heavy (non-hydrogen) atoms. The number of nitrogens with zero attached hydrogens (tertiary/aromatic N) is 2. The van der Waals surface area contributed by atoms with Gasteiger partial charge in [-0.2, -0.15) is 5.26 Å². The van der Waals surface area contributed by atoms with Crippen molar-refractivity contribution in [1.82, 2.24) is 4.90 Å². The zero-order valence-corrected chi connectivity index (χ0v) is 12.0. The first-order chi connectivity index (χ1) is 10.1. The Bertz CT molecular complexity index is 577. The summed E-state index contributed by atoms with van der Waals surface area (Å²) in [7, 11) is 0. The van der Waals surface area contributed by atoms with Crippen molar-refractivity contribution in [2.24, 2.45) is 0 Å². The molecule has 5 heteroatoms. The van der Waals surface area contributed by atoms with E-state index < -0.39 is 5.97 Å². The van der Waals surface area contributed by atoms with Crippen molar-refractivity contribution in [3.63, 3.8) is 0 Å². The fourth-order valence-corrected chi connectivity index (χ4v) is 2.48. The minimum absolute atomic E-state index is 0.160. The number of carbonyl (C=O) groups excluding carboxylic acids is 2. The summed E-state index contributed by atoms with van der Waals surface area (Å²) in [6.45, 7) is 2.48. The van der Waals surface area contributed by atoms with Crippen LogP contribution in [0, 0.1) is 11.3 Å². The molecule has 0 bridgehead atoms. The molecule has 1 aliphatic heterocycles. The molecule has 1 aliphatic rings. The minimum atomic E-state index is -0.579. The van der Waals surface area contributed by atoms with E-state index in [1.807, 2.05) is 13.0 Å². The van der Waals surface area contributed by atoms with E-state index in [1.165, 1.54) is 6.07 Å². The van der Waals surface area contributed by atoms with E-state index in [1.54, 1.807) is 23.1 Å². The van der Waals surface area contributed by atoms with Crippen LogP contribution in [0.3, 0.4) is 0 Å². The second kappa shape index (κ2) is 6.89. The van der Waals surface area contributed by atoms with Crippen molar-refractivity contribution in [2.75, 3.05) is 13.2 Å². The molecule has 0 aromatic heterocycles. The molecular formula is C16H18N2O3. The largest absolute Gasteiger partial charge is 0.452 e. The van der Waals surface area contributed by atoms with Gasteiger partial charge < -0.3 is 9.64 Å². The predicted molar refractivity (Wildman–Crippen MR) is 76.5 cm³/mol. The van der Waals surface area contributed by atoms with Crippen molar-refractivity contribution in [2.45, 2.75) is 32.2 Å². The highest BCUT2D eigenvalue weighted by molar-refractivity contribution is 5.91. The Balaban J connectivity index is 1.91. The van der Waals surface area contributed by atoms with E-state index >= 15 is 0 Å². The molecule has 2 rings (SSSR count). The first-order valence-electron chi connectivity index (χ1n) is 7.08. The van der Waals surface area contributed by atoms with Crippen molar-refractivity contribution in [3.05, 3.63) is 35.4 Å². The van der Waals surface area contributed by atoms with Crippen molar-refractivity contribution < 1.29 is 14.3 Å². The molecule has 5 nitrogen and oxygen atoms in total. The van der Waals surface area contributed by atoms with Gasteiger partial charge in [0.2, 0.25) is 0 Å². The first-order valence-corrected chi connectivity index (χ1v) is 7.08. The standard InChI is InChI=1S/C16H18N2O3/c1-12-5-2-3-8-18(12)15(19)11-21-16(20)14-7-4-6-13(9-14)10-17/h4,6-7,9,12H,2-3,5,8,11H2,1H3/t12-/m0/s1. The van der Waals surface area contributed by atoms with E-state index in [0.717, 1.165) is 25.8 Å². The Morgan fingerprint density at radius 3 is 2.95 bits per heavy atom. The molecule has 1 saturated heterocycles. The van der Waals surface area contributed by atoms with E-state index in [0.29, 0.717) is 5.56 Å². The summed E-state index contributed by atoms with van der Waals surface area (Å²) in [6, 6.07) is 8.41. The molecule has 110 valence electrons. The van der Waals surface area contributed by atoms with Gasteiger partial charge in [-0.15, -0.1) is 0 Å². The number of rotatable bonds is 3. The Labute approximate surface area is 124 Å². The summed E-state index contributed by atoms with van der Waals surface area (Å²) in [6.07, 6.45) is 3.11. The predicted octanol–water partition coefficient (Wildman–Crippen LogP) is 2.12. The van der Waals surface area contributed by atoms with Gasteiger partial charge in [0, 0.05) is 12.6 Å². The summed E-state index contributed by atoms with van der Waals surface area (Å²) in [5, 5.41) is 8.80. The zero-order valence-electron chi connectivity index (χ0n) is 12.0. The van der Waals surface area contributed by atoms with Crippen LogP contribution in [-0.2, 0) is 9.53 Å². The third-order valence-corrected chi connectivity index (χ3v) is 3.68. The molecule has 1 aromatic carbocycles. The van der Waals surface area contributed by atoms with Crippen molar-refractivity contribution in [3.8, 4) is 6.07 Å². The number of amides is 1. The molecular weight excluding hydrogens is 268 g/mol. The highest BCUT2D eigenvalue weighted by atomic mass is 16.5. The van der Waals surface area contributed by atoms with Crippen LogP contribution in [0.2, 0.25) is 0 Å². The molecule has 1 atom stereocenters. The quantitative estimate of drug-likeness (QED) is 0.798. The lowest BCUT2D eigenvalue weighted by atomic mass is 10.0. The van der Waals surface area contributed by atoms with Gasteiger partial charge in [0.15, 0.2) is 6.61 Å². The molecule has 1 aromatic rings. The number of hydrogen-bond donors (Lipinski definition) is 0. The number of carbonyl (C=O) groups is 2. The summed E-state index contributed by atoms with van der Waals surface area (Å²) in [5.41, 5.74) is 0.675. The number of nitriles is 1. The number of benzene rings is 1. The molecule has 0 saturated carbocycles. The maximum absolute atomic E-state index is 12.1. The number of piperidine rings is 1. The van der Waals surface area contributed by atoms with E-state index in [2.05, 4.69) is 0 Å². The van der Waals surface area contributed by atoms with Crippen LogP contribution < -0.4 is 0 Å². The highest BCUT2D eigenvalue weighted by Gasteiger charge is 2.24. The molecule has 0 N–H and O–H groups in total. The van der Waals surface area contributed by atoms with Gasteiger partial charge in [-0.05, 0) is 44.4 Å². The maximum atomic E-state index is 12.1. The van der Waals surface area contributed by atoms with Gasteiger partial charge in [0.25, 0.3) is 5.91 Å². The third kappa shape index (κ3) is 3.82. The molecule has 0 radical (unpaired) electrons. The second-order valence-corrected chi connectivity index (χ2v) is 5.20. The number of esters is 1. The summed E-state index contributed by atoms with van der Waals surface area (Å²) >= 11 is 0. The van der Waals surface area contributed by atoms with Gasteiger partial charge in [-0.25, -0.2) is 4.79 Å². The smallest absolute Gasteiger partial charge is 0.338 e. The summed E-state index contributed by atoms with van der Waals surface area (Å²) < 4.78 is 5.05. The molecule has 1 amide bonds. The first kappa shape index (κ1) is 15.0. The average molecular weight is 286 g/mol. The Kier molecular flexibility index (Phi) is 4.94. The fraction of sp³-hybridized carbons (Fsp3) is 0.438. The van der Waals surface area contributed by atoms with Gasteiger partial charge in [-0.1, -0.05) is 6.07 Å². The highest BCUT2D eigenvalue weighted by Crippen LogP contribution is 2.16. The van der Waals surface area contributed by atoms with Gasteiger partial charge in [0.1, 0.15) is 0 Å². The molecule has 0 aliphatic carbocycles. The van der Waals surface area contributed by atoms with Gasteiger partial charge in [0.05, 0.1) is 17.2 Å². The molecule has 0 spiro atoms.